The van der Waals surface area contributed by atoms with Crippen LogP contribution in [0.4, 0.5) is 0 Å². The Labute approximate surface area is 195 Å². The Bertz CT molecular complexity index is 1020. The highest BCUT2D eigenvalue weighted by molar-refractivity contribution is 9.10. The minimum atomic E-state index is -2.52. The number of carboxylic acids is 1. The molecule has 32 heavy (non-hydrogen) atoms. The van der Waals surface area contributed by atoms with Crippen LogP contribution in [-0.4, -0.2) is 85.2 Å². The largest absolute Gasteiger partial charge is 0.476 e. The first kappa shape index (κ1) is 24.7. The van der Waals surface area contributed by atoms with E-state index in [4.69, 9.17) is 21.1 Å². The number of aromatic nitrogens is 1. The van der Waals surface area contributed by atoms with Crippen LogP contribution in [0.2, 0.25) is 5.02 Å². The monoisotopic (exact) mass is 536 g/mol. The lowest BCUT2D eigenvalue weighted by Gasteiger charge is -2.46. The Morgan fingerprint density at radius 1 is 1.44 bits per heavy atom. The van der Waals surface area contributed by atoms with Gasteiger partial charge in [-0.15, -0.1) is 0 Å². The highest BCUT2D eigenvalue weighted by atomic mass is 79.9. The number of carbonyl (C=O) groups excluding carboxylic acids is 1. The van der Waals surface area contributed by atoms with Crippen LogP contribution in [0.25, 0.3) is 10.9 Å². The fourth-order valence-corrected chi connectivity index (χ4v) is 4.21. The molecule has 1 fully saturated rings. The van der Waals surface area contributed by atoms with Gasteiger partial charge in [-0.2, -0.15) is 0 Å². The molecular weight excluding hydrogens is 516 g/mol. The van der Waals surface area contributed by atoms with Crippen LogP contribution in [0, 0.1) is 0 Å². The Kier molecular flexibility index (Phi) is 7.34. The lowest BCUT2D eigenvalue weighted by Crippen LogP contribution is -2.68. The van der Waals surface area contributed by atoms with Crippen molar-refractivity contribution in [3.05, 3.63) is 27.8 Å². The molecule has 176 valence electrons. The molecule has 2 aromatic rings. The summed E-state index contributed by atoms with van der Waals surface area (Å²) in [6.45, 7) is 0.275. The van der Waals surface area contributed by atoms with E-state index in [0.717, 1.165) is 6.92 Å². The summed E-state index contributed by atoms with van der Waals surface area (Å²) in [4.78, 5) is 26.8. The second-order valence-corrected chi connectivity index (χ2v) is 8.65. The third-order valence-corrected chi connectivity index (χ3v) is 6.44. The normalized spacial score (nSPS) is 27.7. The molecule has 1 aromatic heterocycles. The maximum atomic E-state index is 12.3. The number of carbonyl (C=O) groups is 2. The average Bonchev–Trinajstić information content (AvgIpc) is 3.14. The molecule has 2 heterocycles. The minimum absolute atomic E-state index is 0.00479. The number of aliphatic hydroxyl groups excluding tert-OH is 4. The summed E-state index contributed by atoms with van der Waals surface area (Å²) in [5, 5.41) is 53.2. The van der Waals surface area contributed by atoms with Crippen molar-refractivity contribution in [1.82, 2.24) is 10.3 Å². The Morgan fingerprint density at radius 3 is 2.72 bits per heavy atom. The maximum Gasteiger partial charge on any atom is 0.377 e. The maximum absolute atomic E-state index is 12.3. The van der Waals surface area contributed by atoms with Crippen molar-refractivity contribution in [3.63, 3.8) is 0 Å². The van der Waals surface area contributed by atoms with Gasteiger partial charge in [0.05, 0.1) is 41.1 Å². The molecule has 1 aromatic carbocycles. The first-order valence-electron chi connectivity index (χ1n) is 9.48. The van der Waals surface area contributed by atoms with Crippen LogP contribution < -0.4 is 10.1 Å². The first-order valence-corrected chi connectivity index (χ1v) is 10.6. The molecule has 3 rings (SSSR count). The lowest BCUT2D eigenvalue weighted by atomic mass is 9.88. The van der Waals surface area contributed by atoms with Crippen LogP contribution in [0.1, 0.15) is 13.3 Å². The summed E-state index contributed by atoms with van der Waals surface area (Å²) in [6, 6.07) is 2.07. The molecule has 7 N–H and O–H groups in total. The number of benzene rings is 1. The van der Waals surface area contributed by atoms with E-state index < -0.39 is 61.1 Å². The van der Waals surface area contributed by atoms with Crippen LogP contribution in [0.15, 0.2) is 22.8 Å². The van der Waals surface area contributed by atoms with Gasteiger partial charge in [0.2, 0.25) is 5.91 Å². The van der Waals surface area contributed by atoms with Crippen molar-refractivity contribution in [2.24, 2.45) is 0 Å². The van der Waals surface area contributed by atoms with Gasteiger partial charge in [-0.3, -0.25) is 4.79 Å². The van der Waals surface area contributed by atoms with Gasteiger partial charge < -0.3 is 45.3 Å². The predicted molar refractivity (Wildman–Crippen MR) is 114 cm³/mol. The number of H-pyrrole nitrogens is 1. The van der Waals surface area contributed by atoms with Gasteiger partial charge in [-0.25, -0.2) is 4.79 Å². The van der Waals surface area contributed by atoms with Gasteiger partial charge in [-0.1, -0.05) is 11.6 Å². The van der Waals surface area contributed by atoms with E-state index >= 15 is 0 Å². The van der Waals surface area contributed by atoms with Gasteiger partial charge in [0, 0.05) is 17.6 Å². The summed E-state index contributed by atoms with van der Waals surface area (Å²) in [5.41, 5.74) is 0.536. The number of halogens is 2. The number of hydrogen-bond acceptors (Lipinski definition) is 8. The molecule has 0 unspecified atom stereocenters. The number of carboxylic acid groups (broad SMARTS) is 1. The van der Waals surface area contributed by atoms with E-state index in [1.807, 2.05) is 0 Å². The van der Waals surface area contributed by atoms with Crippen molar-refractivity contribution in [3.8, 4) is 5.75 Å². The fraction of sp³-hybridized carbons (Fsp3) is 0.474. The summed E-state index contributed by atoms with van der Waals surface area (Å²) in [7, 11) is 0. The summed E-state index contributed by atoms with van der Waals surface area (Å²) >= 11 is 9.61. The molecular formula is C19H22BrClN2O9. The van der Waals surface area contributed by atoms with E-state index in [1.54, 1.807) is 12.1 Å². The van der Waals surface area contributed by atoms with Gasteiger partial charge >= 0.3 is 11.8 Å². The number of amides is 1. The zero-order chi connectivity index (χ0) is 23.8. The van der Waals surface area contributed by atoms with Gasteiger partial charge in [0.1, 0.15) is 18.3 Å². The van der Waals surface area contributed by atoms with Crippen molar-refractivity contribution in [1.29, 1.82) is 0 Å². The molecule has 0 bridgehead atoms. The number of aliphatic hydroxyl groups is 4. The molecule has 13 heteroatoms. The predicted octanol–water partition coefficient (Wildman–Crippen LogP) is 0.112. The number of rotatable bonds is 7. The summed E-state index contributed by atoms with van der Waals surface area (Å²) in [6.07, 6.45) is -6.09. The summed E-state index contributed by atoms with van der Waals surface area (Å²) < 4.78 is 11.9. The average molecular weight is 538 g/mol. The smallest absolute Gasteiger partial charge is 0.377 e. The van der Waals surface area contributed by atoms with E-state index in [9.17, 15) is 35.1 Å². The molecule has 1 aliphatic rings. The Balaban J connectivity index is 2.05. The number of aromatic amines is 1. The van der Waals surface area contributed by atoms with Crippen molar-refractivity contribution >= 4 is 50.3 Å². The number of nitrogens with one attached hydrogen (secondary N) is 2. The molecule has 11 nitrogen and oxygen atoms in total. The van der Waals surface area contributed by atoms with Crippen molar-refractivity contribution in [2.45, 2.75) is 49.6 Å². The van der Waals surface area contributed by atoms with Gasteiger partial charge in [-0.05, 0) is 28.1 Å². The molecule has 1 aliphatic heterocycles. The van der Waals surface area contributed by atoms with Crippen LogP contribution in [0.5, 0.6) is 5.75 Å². The third kappa shape index (κ3) is 4.57. The lowest BCUT2D eigenvalue weighted by molar-refractivity contribution is -0.284. The minimum Gasteiger partial charge on any atom is -0.476 e. The highest BCUT2D eigenvalue weighted by Gasteiger charge is 2.57. The molecule has 0 aliphatic carbocycles. The molecule has 0 saturated carbocycles. The van der Waals surface area contributed by atoms with Gasteiger partial charge in [0.25, 0.3) is 0 Å². The van der Waals surface area contributed by atoms with Crippen molar-refractivity contribution in [2.75, 3.05) is 6.61 Å². The molecule has 1 amide bonds. The first-order chi connectivity index (χ1) is 15.0. The number of fused-ring (bicyclic) bond motifs is 1. The van der Waals surface area contributed by atoms with E-state index in [1.165, 1.54) is 6.20 Å². The zero-order valence-corrected chi connectivity index (χ0v) is 19.0. The quantitative estimate of drug-likeness (QED) is 0.258. The number of hydrogen-bond donors (Lipinski definition) is 7. The van der Waals surface area contributed by atoms with Crippen LogP contribution in [0.3, 0.4) is 0 Å². The van der Waals surface area contributed by atoms with Crippen molar-refractivity contribution < 1.29 is 44.6 Å². The van der Waals surface area contributed by atoms with Gasteiger partial charge in [0.15, 0.2) is 5.75 Å². The second kappa shape index (κ2) is 9.51. The topological polar surface area (TPSA) is 182 Å². The number of aliphatic carboxylic acids is 1. The van der Waals surface area contributed by atoms with E-state index in [2.05, 4.69) is 26.2 Å². The van der Waals surface area contributed by atoms with Crippen LogP contribution >= 0.6 is 27.5 Å². The second-order valence-electron chi connectivity index (χ2n) is 7.42. The van der Waals surface area contributed by atoms with E-state index in [0.29, 0.717) is 15.4 Å². The Morgan fingerprint density at radius 2 is 2.12 bits per heavy atom. The number of ether oxygens (including phenoxy) is 2. The molecule has 1 saturated heterocycles. The molecule has 0 radical (unpaired) electrons. The molecule has 6 atom stereocenters. The fourth-order valence-electron chi connectivity index (χ4n) is 3.62. The Hall–Kier alpha value is -1.93. The summed E-state index contributed by atoms with van der Waals surface area (Å²) in [5.74, 6) is -4.75. The third-order valence-electron chi connectivity index (χ3n) is 5.16. The standard InChI is InChI=1S/C19H22BrClN2O9/c1-7(25)23-15-10(26)4-19(18(29)30,32-17(15)16(28)11(27)6-24)31-12-5-22-9-3-2-8(20)14(21)13(9)12/h2-3,5,10-11,15-17,22,24,26-28H,4,6H2,1H3,(H,23,25)(H,29,30)/t10-,11-,15-,16+,17-,19-/m1/s1. The highest BCUT2D eigenvalue weighted by Crippen LogP contribution is 2.41. The SMILES string of the molecule is CC(=O)N[C@H]1[C@H]([C@@H](O)[C@H](O)CO)O[C@@](Oc2c[nH]c3ccc(Br)c(Cl)c23)(C(=O)O)C[C@H]1O. The van der Waals surface area contributed by atoms with Crippen LogP contribution in [-0.2, 0) is 14.3 Å². The zero-order valence-electron chi connectivity index (χ0n) is 16.7. The van der Waals surface area contributed by atoms with E-state index in [-0.39, 0.29) is 10.8 Å². The molecule has 0 spiro atoms.